The molecule has 0 saturated heterocycles. The summed E-state index contributed by atoms with van der Waals surface area (Å²) in [5, 5.41) is 7.07. The molecule has 4 N–H and O–H groups in total. The number of anilines is 1. The molecule has 0 saturated carbocycles. The summed E-state index contributed by atoms with van der Waals surface area (Å²) in [6.45, 7) is 1.03. The van der Waals surface area contributed by atoms with Gasteiger partial charge in [-0.05, 0) is 18.2 Å². The first-order chi connectivity index (χ1) is 12.8. The van der Waals surface area contributed by atoms with Gasteiger partial charge in [0.2, 0.25) is 0 Å². The Labute approximate surface area is 149 Å². The molecule has 7 heteroatoms. The highest BCUT2D eigenvalue weighted by Crippen LogP contribution is 2.23. The summed E-state index contributed by atoms with van der Waals surface area (Å²) in [5.74, 6) is 1.26. The van der Waals surface area contributed by atoms with Gasteiger partial charge >= 0.3 is 0 Å². The molecule has 0 unspecified atom stereocenters. The van der Waals surface area contributed by atoms with Crippen molar-refractivity contribution in [3.63, 3.8) is 0 Å². The van der Waals surface area contributed by atoms with E-state index in [9.17, 15) is 4.79 Å². The number of hydrogen-bond acceptors (Lipinski definition) is 4. The summed E-state index contributed by atoms with van der Waals surface area (Å²) < 4.78 is 0. The number of hydrogen-bond donors (Lipinski definition) is 4. The molecule has 130 valence electrons. The first-order valence-corrected chi connectivity index (χ1v) is 8.37. The highest BCUT2D eigenvalue weighted by atomic mass is 16.1. The lowest BCUT2D eigenvalue weighted by atomic mass is 10.2. The van der Waals surface area contributed by atoms with Gasteiger partial charge < -0.3 is 20.6 Å². The topological polar surface area (TPSA) is 98.5 Å². The summed E-state index contributed by atoms with van der Waals surface area (Å²) in [5.41, 5.74) is 2.27. The van der Waals surface area contributed by atoms with Gasteiger partial charge in [-0.2, -0.15) is 0 Å². The second kappa shape index (κ2) is 7.10. The van der Waals surface area contributed by atoms with Crippen LogP contribution in [-0.4, -0.2) is 38.9 Å². The fourth-order valence-corrected chi connectivity index (χ4v) is 2.72. The van der Waals surface area contributed by atoms with Crippen molar-refractivity contribution in [1.29, 1.82) is 0 Å². The second-order valence-corrected chi connectivity index (χ2v) is 5.77. The number of carbonyl (C=O) groups excluding carboxylic acids is 1. The van der Waals surface area contributed by atoms with Gasteiger partial charge in [-0.15, -0.1) is 0 Å². The normalized spacial score (nSPS) is 10.8. The maximum absolute atomic E-state index is 11.9. The predicted octanol–water partition coefficient (Wildman–Crippen LogP) is 2.79. The number of nitrogens with one attached hydrogen (secondary N) is 4. The molecule has 0 spiro atoms. The molecule has 1 amide bonds. The zero-order chi connectivity index (χ0) is 17.8. The summed E-state index contributed by atoms with van der Waals surface area (Å²) in [6, 6.07) is 15.3. The van der Waals surface area contributed by atoms with Gasteiger partial charge in [0.15, 0.2) is 5.82 Å². The molecule has 0 aliphatic rings. The fraction of sp³-hybridized carbons (Fsp3) is 0.105. The van der Waals surface area contributed by atoms with Gasteiger partial charge in [0.05, 0.1) is 5.39 Å². The van der Waals surface area contributed by atoms with Crippen LogP contribution in [0.4, 0.5) is 5.82 Å². The van der Waals surface area contributed by atoms with E-state index in [0.717, 1.165) is 22.4 Å². The summed E-state index contributed by atoms with van der Waals surface area (Å²) in [4.78, 5) is 27.2. The number of nitrogens with zero attached hydrogens (tertiary/aromatic N) is 2. The number of benzene rings is 1. The third-order valence-electron chi connectivity index (χ3n) is 3.99. The van der Waals surface area contributed by atoms with Crippen LogP contribution in [0.15, 0.2) is 60.9 Å². The molecule has 3 aromatic heterocycles. The highest BCUT2D eigenvalue weighted by Gasteiger charge is 2.10. The zero-order valence-corrected chi connectivity index (χ0v) is 14.0. The van der Waals surface area contributed by atoms with Gasteiger partial charge in [0.25, 0.3) is 5.91 Å². The Bertz CT molecular complexity index is 1010. The van der Waals surface area contributed by atoms with E-state index in [4.69, 9.17) is 0 Å². The highest BCUT2D eigenvalue weighted by molar-refractivity contribution is 5.92. The van der Waals surface area contributed by atoms with Gasteiger partial charge in [0, 0.05) is 31.0 Å². The van der Waals surface area contributed by atoms with Crippen molar-refractivity contribution < 1.29 is 4.79 Å². The lowest BCUT2D eigenvalue weighted by Gasteiger charge is -2.10. The van der Waals surface area contributed by atoms with E-state index in [1.54, 1.807) is 18.3 Å². The number of aromatic amines is 2. The van der Waals surface area contributed by atoms with Crippen molar-refractivity contribution in [2.24, 2.45) is 0 Å². The molecule has 4 aromatic rings. The van der Waals surface area contributed by atoms with Crippen LogP contribution in [-0.2, 0) is 0 Å². The quantitative estimate of drug-likeness (QED) is 0.404. The second-order valence-electron chi connectivity index (χ2n) is 5.77. The monoisotopic (exact) mass is 346 g/mol. The molecule has 0 aliphatic carbocycles. The molecule has 0 fully saturated rings. The number of aromatic nitrogens is 4. The van der Waals surface area contributed by atoms with Crippen LogP contribution < -0.4 is 10.6 Å². The van der Waals surface area contributed by atoms with E-state index in [2.05, 4.69) is 30.6 Å². The lowest BCUT2D eigenvalue weighted by Crippen LogP contribution is -2.29. The van der Waals surface area contributed by atoms with E-state index in [0.29, 0.717) is 24.6 Å². The van der Waals surface area contributed by atoms with Gasteiger partial charge in [0.1, 0.15) is 17.2 Å². The Hall–Kier alpha value is -3.61. The minimum Gasteiger partial charge on any atom is -0.368 e. The van der Waals surface area contributed by atoms with E-state index >= 15 is 0 Å². The van der Waals surface area contributed by atoms with Crippen LogP contribution in [0.5, 0.6) is 0 Å². The van der Waals surface area contributed by atoms with E-state index < -0.39 is 0 Å². The third-order valence-corrected chi connectivity index (χ3v) is 3.99. The standard InChI is InChI=1S/C19H18N6O/c26-19(15-7-4-9-20-15)23-12-11-22-18-14-8-10-21-17(14)24-16(25-18)13-5-2-1-3-6-13/h1-10,20H,11-12H2,(H,23,26)(H2,21,22,24,25). The molecule has 7 nitrogen and oxygen atoms in total. The predicted molar refractivity (Wildman–Crippen MR) is 101 cm³/mol. The van der Waals surface area contributed by atoms with Crippen molar-refractivity contribution in [2.45, 2.75) is 0 Å². The Morgan fingerprint density at radius 3 is 2.62 bits per heavy atom. The van der Waals surface area contributed by atoms with Crippen LogP contribution in [0.3, 0.4) is 0 Å². The molecule has 1 aromatic carbocycles. The largest absolute Gasteiger partial charge is 0.368 e. The maximum atomic E-state index is 11.9. The van der Waals surface area contributed by atoms with E-state index in [1.807, 2.05) is 42.6 Å². The van der Waals surface area contributed by atoms with Crippen LogP contribution in [0.1, 0.15) is 10.5 Å². The SMILES string of the molecule is O=C(NCCNc1nc(-c2ccccc2)nc2[nH]ccc12)c1ccc[nH]1. The van der Waals surface area contributed by atoms with Crippen LogP contribution in [0, 0.1) is 0 Å². The van der Waals surface area contributed by atoms with Crippen LogP contribution in [0.2, 0.25) is 0 Å². The molecule has 4 rings (SSSR count). The van der Waals surface area contributed by atoms with Crippen molar-refractivity contribution in [2.75, 3.05) is 18.4 Å². The molecule has 0 radical (unpaired) electrons. The number of carbonyl (C=O) groups is 1. The minimum absolute atomic E-state index is 0.128. The minimum atomic E-state index is -0.128. The number of rotatable bonds is 6. The molecule has 0 bridgehead atoms. The van der Waals surface area contributed by atoms with Crippen molar-refractivity contribution in [3.05, 3.63) is 66.6 Å². The average molecular weight is 346 g/mol. The van der Waals surface area contributed by atoms with Crippen molar-refractivity contribution in [3.8, 4) is 11.4 Å². The Morgan fingerprint density at radius 1 is 0.923 bits per heavy atom. The lowest BCUT2D eigenvalue weighted by molar-refractivity contribution is 0.0951. The van der Waals surface area contributed by atoms with Gasteiger partial charge in [-0.25, -0.2) is 9.97 Å². The zero-order valence-electron chi connectivity index (χ0n) is 14.0. The maximum Gasteiger partial charge on any atom is 0.267 e. The molecule has 0 atom stereocenters. The number of amides is 1. The smallest absolute Gasteiger partial charge is 0.267 e. The Morgan fingerprint density at radius 2 is 1.81 bits per heavy atom. The van der Waals surface area contributed by atoms with E-state index in [1.165, 1.54) is 0 Å². The molecule has 0 aliphatic heterocycles. The van der Waals surface area contributed by atoms with Gasteiger partial charge in [-0.3, -0.25) is 4.79 Å². The number of H-pyrrole nitrogens is 2. The fourth-order valence-electron chi connectivity index (χ4n) is 2.72. The first-order valence-electron chi connectivity index (χ1n) is 8.37. The van der Waals surface area contributed by atoms with Crippen LogP contribution in [0.25, 0.3) is 22.4 Å². The molecular weight excluding hydrogens is 328 g/mol. The number of fused-ring (bicyclic) bond motifs is 1. The van der Waals surface area contributed by atoms with E-state index in [-0.39, 0.29) is 5.91 Å². The van der Waals surface area contributed by atoms with Crippen molar-refractivity contribution in [1.82, 2.24) is 25.3 Å². The Balaban J connectivity index is 1.47. The molecule has 26 heavy (non-hydrogen) atoms. The van der Waals surface area contributed by atoms with Crippen molar-refractivity contribution >= 4 is 22.8 Å². The Kier molecular flexibility index (Phi) is 4.34. The first kappa shape index (κ1) is 15.9. The summed E-state index contributed by atoms with van der Waals surface area (Å²) >= 11 is 0. The molecular formula is C19H18N6O. The third kappa shape index (κ3) is 3.27. The van der Waals surface area contributed by atoms with Gasteiger partial charge in [-0.1, -0.05) is 30.3 Å². The summed E-state index contributed by atoms with van der Waals surface area (Å²) in [7, 11) is 0. The summed E-state index contributed by atoms with van der Waals surface area (Å²) in [6.07, 6.45) is 3.56. The average Bonchev–Trinajstić information content (AvgIpc) is 3.37. The van der Waals surface area contributed by atoms with Crippen LogP contribution >= 0.6 is 0 Å². The molecule has 3 heterocycles.